The minimum atomic E-state index is -0.736. The third kappa shape index (κ3) is 2.83. The zero-order valence-corrected chi connectivity index (χ0v) is 12.5. The van der Waals surface area contributed by atoms with E-state index in [0.29, 0.717) is 5.02 Å². The number of carbonyl (C=O) groups excluding carboxylic acids is 1. The summed E-state index contributed by atoms with van der Waals surface area (Å²) in [5.74, 6) is -0.736. The summed E-state index contributed by atoms with van der Waals surface area (Å²) in [5.41, 5.74) is 8.55. The molecule has 0 saturated heterocycles. The van der Waals surface area contributed by atoms with Crippen LogP contribution in [0, 0.1) is 25.2 Å². The minimum Gasteiger partial charge on any atom is -0.365 e. The average Bonchev–Trinajstić information content (AvgIpc) is 2.71. The number of halogens is 1. The second kappa shape index (κ2) is 5.86. The lowest BCUT2D eigenvalue weighted by Crippen LogP contribution is -2.12. The molecule has 0 bridgehead atoms. The largest absolute Gasteiger partial charge is 0.365 e. The quantitative estimate of drug-likeness (QED) is 0.698. The van der Waals surface area contributed by atoms with Gasteiger partial charge in [-0.25, -0.2) is 0 Å². The second-order valence-electron chi connectivity index (χ2n) is 4.65. The van der Waals surface area contributed by atoms with E-state index < -0.39 is 5.91 Å². The van der Waals surface area contributed by atoms with Crippen molar-refractivity contribution in [1.29, 1.82) is 5.26 Å². The van der Waals surface area contributed by atoms with E-state index in [9.17, 15) is 4.79 Å². The van der Waals surface area contributed by atoms with E-state index in [-0.39, 0.29) is 5.57 Å². The highest BCUT2D eigenvalue weighted by Crippen LogP contribution is 2.27. The van der Waals surface area contributed by atoms with Gasteiger partial charge in [0.25, 0.3) is 5.91 Å². The van der Waals surface area contributed by atoms with Crippen LogP contribution in [0.4, 0.5) is 0 Å². The Labute approximate surface area is 128 Å². The van der Waals surface area contributed by atoms with Crippen molar-refractivity contribution in [2.45, 2.75) is 13.8 Å². The van der Waals surface area contributed by atoms with Crippen LogP contribution in [0.25, 0.3) is 11.8 Å². The lowest BCUT2D eigenvalue weighted by molar-refractivity contribution is -0.114. The van der Waals surface area contributed by atoms with Gasteiger partial charge in [0.05, 0.1) is 10.7 Å². The van der Waals surface area contributed by atoms with E-state index in [1.807, 2.05) is 54.8 Å². The molecule has 1 amide bonds. The molecule has 0 radical (unpaired) electrons. The zero-order chi connectivity index (χ0) is 15.6. The van der Waals surface area contributed by atoms with Gasteiger partial charge in [-0.2, -0.15) is 5.26 Å². The van der Waals surface area contributed by atoms with Crippen molar-refractivity contribution in [2.75, 3.05) is 0 Å². The molecule has 5 heteroatoms. The molecule has 2 aromatic rings. The Morgan fingerprint density at radius 1 is 1.38 bits per heavy atom. The molecule has 0 saturated carbocycles. The van der Waals surface area contributed by atoms with Crippen LogP contribution in [0.2, 0.25) is 5.02 Å². The monoisotopic (exact) mass is 299 g/mol. The lowest BCUT2D eigenvalue weighted by atomic mass is 10.1. The van der Waals surface area contributed by atoms with Crippen LogP contribution < -0.4 is 5.73 Å². The zero-order valence-electron chi connectivity index (χ0n) is 11.7. The average molecular weight is 300 g/mol. The Morgan fingerprint density at radius 2 is 2.05 bits per heavy atom. The Balaban J connectivity index is 2.62. The van der Waals surface area contributed by atoms with Crippen molar-refractivity contribution >= 4 is 23.6 Å². The first-order valence-corrected chi connectivity index (χ1v) is 6.69. The smallest absolute Gasteiger partial charge is 0.259 e. The molecule has 2 N–H and O–H groups in total. The van der Waals surface area contributed by atoms with Crippen LogP contribution in [0.5, 0.6) is 0 Å². The fourth-order valence-electron chi connectivity index (χ4n) is 2.25. The van der Waals surface area contributed by atoms with Crippen LogP contribution in [-0.4, -0.2) is 10.5 Å². The molecular weight excluding hydrogens is 286 g/mol. The fourth-order valence-corrected chi connectivity index (χ4v) is 2.47. The number of aromatic nitrogens is 1. The third-order valence-corrected chi connectivity index (χ3v) is 3.57. The first-order chi connectivity index (χ1) is 9.95. The SMILES string of the molecule is Cc1cc(/C=C(\C#N)C(N)=O)c(C)n1-c1ccccc1Cl. The number of aryl methyl sites for hydroxylation is 1. The fraction of sp³-hybridized carbons (Fsp3) is 0.125. The normalized spacial score (nSPS) is 11.2. The maximum atomic E-state index is 11.2. The number of amides is 1. The molecule has 4 nitrogen and oxygen atoms in total. The van der Waals surface area contributed by atoms with Crippen LogP contribution >= 0.6 is 11.6 Å². The van der Waals surface area contributed by atoms with E-state index in [1.165, 1.54) is 6.08 Å². The van der Waals surface area contributed by atoms with Crippen LogP contribution in [0.1, 0.15) is 17.0 Å². The van der Waals surface area contributed by atoms with Crippen LogP contribution in [0.15, 0.2) is 35.9 Å². The number of nitrogens with zero attached hydrogens (tertiary/aromatic N) is 2. The first-order valence-electron chi connectivity index (χ1n) is 6.31. The standard InChI is InChI=1S/C16H14ClN3O/c1-10-7-12(8-13(9-18)16(19)21)11(2)20(10)15-6-4-3-5-14(15)17/h3-8H,1-2H3,(H2,19,21)/b13-8+. The van der Waals surface area contributed by atoms with Crippen LogP contribution in [0.3, 0.4) is 0 Å². The van der Waals surface area contributed by atoms with Gasteiger partial charge in [-0.1, -0.05) is 23.7 Å². The molecule has 1 heterocycles. The molecule has 0 spiro atoms. The van der Waals surface area contributed by atoms with Crippen molar-refractivity contribution in [2.24, 2.45) is 5.73 Å². The molecule has 0 aliphatic heterocycles. The Kier molecular flexibility index (Phi) is 4.15. The molecule has 0 unspecified atom stereocenters. The van der Waals surface area contributed by atoms with E-state index in [0.717, 1.165) is 22.6 Å². The van der Waals surface area contributed by atoms with Gasteiger partial charge < -0.3 is 10.3 Å². The topological polar surface area (TPSA) is 71.8 Å². The summed E-state index contributed by atoms with van der Waals surface area (Å²) in [6.07, 6.45) is 1.50. The number of nitriles is 1. The molecule has 0 fully saturated rings. The lowest BCUT2D eigenvalue weighted by Gasteiger charge is -2.11. The summed E-state index contributed by atoms with van der Waals surface area (Å²) in [5, 5.41) is 9.57. The van der Waals surface area contributed by atoms with E-state index in [2.05, 4.69) is 0 Å². The molecule has 2 rings (SSSR count). The van der Waals surface area contributed by atoms with Crippen molar-refractivity contribution in [3.05, 3.63) is 57.9 Å². The van der Waals surface area contributed by atoms with Gasteiger partial charge in [0, 0.05) is 11.4 Å². The Bertz CT molecular complexity index is 781. The van der Waals surface area contributed by atoms with E-state index >= 15 is 0 Å². The maximum absolute atomic E-state index is 11.2. The minimum absolute atomic E-state index is 0.0746. The number of rotatable bonds is 3. The molecule has 106 valence electrons. The molecule has 21 heavy (non-hydrogen) atoms. The molecule has 1 aromatic heterocycles. The van der Waals surface area contributed by atoms with Gasteiger partial charge in [-0.05, 0) is 43.7 Å². The van der Waals surface area contributed by atoms with Crippen molar-refractivity contribution < 1.29 is 4.79 Å². The highest BCUT2D eigenvalue weighted by molar-refractivity contribution is 6.32. The highest BCUT2D eigenvalue weighted by Gasteiger charge is 2.13. The Morgan fingerprint density at radius 3 is 2.62 bits per heavy atom. The number of para-hydroxylation sites is 1. The van der Waals surface area contributed by atoms with Crippen molar-refractivity contribution in [3.63, 3.8) is 0 Å². The van der Waals surface area contributed by atoms with Gasteiger partial charge in [-0.15, -0.1) is 0 Å². The number of primary amides is 1. The van der Waals surface area contributed by atoms with Gasteiger partial charge in [0.15, 0.2) is 0 Å². The number of carbonyl (C=O) groups is 1. The summed E-state index contributed by atoms with van der Waals surface area (Å²) in [4.78, 5) is 11.2. The number of nitrogens with two attached hydrogens (primary N) is 1. The van der Waals surface area contributed by atoms with Gasteiger partial charge in [0.1, 0.15) is 11.6 Å². The number of benzene rings is 1. The van der Waals surface area contributed by atoms with E-state index in [1.54, 1.807) is 0 Å². The molecule has 0 aliphatic carbocycles. The predicted octanol–water partition coefficient (Wildman–Crippen LogP) is 3.14. The number of hydrogen-bond donors (Lipinski definition) is 1. The van der Waals surface area contributed by atoms with Crippen molar-refractivity contribution in [1.82, 2.24) is 4.57 Å². The third-order valence-electron chi connectivity index (χ3n) is 3.25. The second-order valence-corrected chi connectivity index (χ2v) is 5.05. The van der Waals surface area contributed by atoms with Gasteiger partial charge in [-0.3, -0.25) is 4.79 Å². The number of hydrogen-bond acceptors (Lipinski definition) is 2. The first kappa shape index (κ1) is 14.9. The van der Waals surface area contributed by atoms with E-state index in [4.69, 9.17) is 22.6 Å². The van der Waals surface area contributed by atoms with Gasteiger partial charge in [0.2, 0.25) is 0 Å². The molecule has 1 aromatic carbocycles. The molecule has 0 atom stereocenters. The summed E-state index contributed by atoms with van der Waals surface area (Å²) >= 11 is 6.23. The predicted molar refractivity (Wildman–Crippen MR) is 83.0 cm³/mol. The van der Waals surface area contributed by atoms with Crippen molar-refractivity contribution in [3.8, 4) is 11.8 Å². The summed E-state index contributed by atoms with van der Waals surface area (Å²) < 4.78 is 1.98. The van der Waals surface area contributed by atoms with Gasteiger partial charge >= 0.3 is 0 Å². The molecular formula is C16H14ClN3O. The summed E-state index contributed by atoms with van der Waals surface area (Å²) in [6, 6.07) is 11.2. The summed E-state index contributed by atoms with van der Waals surface area (Å²) in [7, 11) is 0. The Hall–Kier alpha value is -2.51. The summed E-state index contributed by atoms with van der Waals surface area (Å²) in [6.45, 7) is 3.84. The maximum Gasteiger partial charge on any atom is 0.259 e. The molecule has 0 aliphatic rings. The van der Waals surface area contributed by atoms with Crippen LogP contribution in [-0.2, 0) is 4.79 Å². The highest BCUT2D eigenvalue weighted by atomic mass is 35.5.